The molecule has 3 aromatic heterocycles. The third-order valence-electron chi connectivity index (χ3n) is 26.7. The topological polar surface area (TPSA) is 14.8 Å². The molecule has 130 heavy (non-hydrogen) atoms. The fourth-order valence-corrected chi connectivity index (χ4v) is 20.9. The average molecular weight is 1650 g/mol. The second-order valence-electron chi connectivity index (χ2n) is 34.0. The van der Waals surface area contributed by atoms with Crippen molar-refractivity contribution in [2.24, 2.45) is 0 Å². The van der Waals surface area contributed by atoms with Gasteiger partial charge in [-0.3, -0.25) is 0 Å². The third-order valence-corrected chi connectivity index (χ3v) is 26.7. The summed E-state index contributed by atoms with van der Waals surface area (Å²) in [6, 6.07) is 181. The molecule has 0 aliphatic rings. The predicted octanol–water partition coefficient (Wildman–Crippen LogP) is 34.9. The Hall–Kier alpha value is -17.0. The van der Waals surface area contributed by atoms with E-state index in [1.165, 1.54) is 236 Å². The van der Waals surface area contributed by atoms with Gasteiger partial charge in [-0.1, -0.05) is 424 Å². The summed E-state index contributed by atoms with van der Waals surface area (Å²) in [4.78, 5) is 0. The van der Waals surface area contributed by atoms with E-state index in [9.17, 15) is 0 Å². The number of fused-ring (bicyclic) bond motifs is 15. The second-order valence-corrected chi connectivity index (χ2v) is 34.0. The number of para-hydroxylation sites is 6. The Balaban J connectivity index is 0.000000108. The van der Waals surface area contributed by atoms with E-state index in [2.05, 4.69) is 518 Å². The highest BCUT2D eigenvalue weighted by molar-refractivity contribution is 6.25. The van der Waals surface area contributed by atoms with Crippen molar-refractivity contribution in [3.05, 3.63) is 503 Å². The Labute approximate surface area is 754 Å². The zero-order valence-electron chi connectivity index (χ0n) is 71.7. The molecule has 0 N–H and O–H groups in total. The number of aromatic nitrogens is 3. The van der Waals surface area contributed by atoms with E-state index in [4.69, 9.17) is 0 Å². The quantitative estimate of drug-likeness (QED) is 0.115. The van der Waals surface area contributed by atoms with Gasteiger partial charge < -0.3 is 13.7 Å². The molecule has 0 spiro atoms. The lowest BCUT2D eigenvalue weighted by Crippen LogP contribution is -1.95. The Kier molecular flexibility index (Phi) is 19.2. The van der Waals surface area contributed by atoms with Crippen LogP contribution < -0.4 is 0 Å². The molecule has 3 heteroatoms. The lowest BCUT2D eigenvalue weighted by atomic mass is 9.84. The maximum atomic E-state index is 2.38. The van der Waals surface area contributed by atoms with E-state index in [1.54, 1.807) is 0 Å². The van der Waals surface area contributed by atoms with Gasteiger partial charge in [-0.2, -0.15) is 0 Å². The molecule has 0 saturated heterocycles. The largest absolute Gasteiger partial charge is 0.309 e. The van der Waals surface area contributed by atoms with Crippen LogP contribution in [0, 0.1) is 6.92 Å². The summed E-state index contributed by atoms with van der Waals surface area (Å²) >= 11 is 0. The van der Waals surface area contributed by atoms with Crippen molar-refractivity contribution in [2.75, 3.05) is 0 Å². The Morgan fingerprint density at radius 2 is 0.323 bits per heavy atom. The molecule has 0 bridgehead atoms. The van der Waals surface area contributed by atoms with E-state index in [1.807, 2.05) is 0 Å². The van der Waals surface area contributed by atoms with Crippen LogP contribution in [-0.4, -0.2) is 13.7 Å². The van der Waals surface area contributed by atoms with Gasteiger partial charge in [-0.15, -0.1) is 0 Å². The fraction of sp³-hybridized carbons (Fsp3) is 0.00787. The highest BCUT2D eigenvalue weighted by Crippen LogP contribution is 2.50. The Morgan fingerprint density at radius 3 is 0.608 bits per heavy atom. The van der Waals surface area contributed by atoms with Crippen molar-refractivity contribution in [1.82, 2.24) is 13.7 Å². The van der Waals surface area contributed by atoms with Crippen LogP contribution in [0.3, 0.4) is 0 Å². The standard InChI is InChI=1S/2C44H29N.C39H27N/c1-2-13-30(14-3-1)32-15-12-16-33(29-32)44-39-21-6-4-19-37(39)43(38-20-5-7-22-40(38)44)31-25-27-34(28-26-31)45-41-23-10-8-17-35(41)36-18-9-11-24-42(36)45;1-2-14-30(15-3-1)33-16-4-5-19-36(33)44-39-22-8-6-20-37(39)43(38-21-7-9-23-40(38)44)31-26-28-32(29-27-31)45-41-24-12-10-17-34(41)35-18-11-13-25-42(35)45;1-26-18-20-27(21-19-26)38-32-12-2-4-14-34(32)39(35-15-5-3-13-33(35)38)28-22-24-29(25-23-28)40-36-16-8-6-10-30(36)31-11-7-9-17-37(31)40/h2*1-29H;2-25H,1H3. The maximum Gasteiger partial charge on any atom is 0.0541 e. The number of hydrogen-bond donors (Lipinski definition) is 0. The highest BCUT2D eigenvalue weighted by Gasteiger charge is 2.24. The molecule has 0 aliphatic heterocycles. The lowest BCUT2D eigenvalue weighted by Gasteiger charge is -2.20. The second kappa shape index (κ2) is 32.5. The van der Waals surface area contributed by atoms with Crippen molar-refractivity contribution >= 4 is 130 Å². The third kappa shape index (κ3) is 13.1. The summed E-state index contributed by atoms with van der Waals surface area (Å²) in [5.41, 5.74) is 32.2. The van der Waals surface area contributed by atoms with E-state index in [0.29, 0.717) is 0 Å². The molecule has 3 heterocycles. The van der Waals surface area contributed by atoms with Crippen LogP contribution >= 0.6 is 0 Å². The maximum absolute atomic E-state index is 2.38. The van der Waals surface area contributed by atoms with Crippen LogP contribution in [0.25, 0.3) is 236 Å². The van der Waals surface area contributed by atoms with Crippen molar-refractivity contribution in [1.29, 1.82) is 0 Å². The zero-order valence-corrected chi connectivity index (χ0v) is 71.7. The molecule has 608 valence electrons. The van der Waals surface area contributed by atoms with Crippen molar-refractivity contribution in [3.63, 3.8) is 0 Å². The van der Waals surface area contributed by atoms with E-state index in [0.717, 1.165) is 5.69 Å². The first-order valence-electron chi connectivity index (χ1n) is 44.9. The normalized spacial score (nSPS) is 11.6. The molecule has 0 saturated carbocycles. The molecule has 3 nitrogen and oxygen atoms in total. The molecular formula is C127H85N3. The van der Waals surface area contributed by atoms with Gasteiger partial charge in [-0.05, 0) is 239 Å². The summed E-state index contributed by atoms with van der Waals surface area (Å²) in [6.07, 6.45) is 0. The number of aryl methyl sites for hydroxylation is 1. The summed E-state index contributed by atoms with van der Waals surface area (Å²) in [7, 11) is 0. The van der Waals surface area contributed by atoms with Gasteiger partial charge in [0, 0.05) is 49.4 Å². The van der Waals surface area contributed by atoms with Crippen LogP contribution in [0.1, 0.15) is 5.56 Å². The first-order chi connectivity index (χ1) is 64.5. The van der Waals surface area contributed by atoms with Gasteiger partial charge in [0.25, 0.3) is 0 Å². The predicted molar refractivity (Wildman–Crippen MR) is 556 cm³/mol. The first kappa shape index (κ1) is 76.7. The van der Waals surface area contributed by atoms with Crippen LogP contribution in [0.15, 0.2) is 497 Å². The van der Waals surface area contributed by atoms with Gasteiger partial charge >= 0.3 is 0 Å². The molecule has 26 aromatic rings. The van der Waals surface area contributed by atoms with Crippen molar-refractivity contribution in [3.8, 4) is 106 Å². The summed E-state index contributed by atoms with van der Waals surface area (Å²) in [5, 5.41) is 22.9. The minimum atomic E-state index is 1.16. The summed E-state index contributed by atoms with van der Waals surface area (Å²) in [6.45, 7) is 2.14. The first-order valence-corrected chi connectivity index (χ1v) is 44.9. The molecule has 0 fully saturated rings. The zero-order chi connectivity index (χ0) is 86.1. The van der Waals surface area contributed by atoms with Gasteiger partial charge in [0.1, 0.15) is 0 Å². The van der Waals surface area contributed by atoms with Crippen LogP contribution in [0.5, 0.6) is 0 Å². The van der Waals surface area contributed by atoms with Gasteiger partial charge in [0.2, 0.25) is 0 Å². The summed E-state index contributed by atoms with van der Waals surface area (Å²) in [5.74, 6) is 0. The lowest BCUT2D eigenvalue weighted by molar-refractivity contribution is 1.18. The van der Waals surface area contributed by atoms with E-state index >= 15 is 0 Å². The van der Waals surface area contributed by atoms with Crippen molar-refractivity contribution < 1.29 is 0 Å². The highest BCUT2D eigenvalue weighted by atomic mass is 15.0. The monoisotopic (exact) mass is 1650 g/mol. The van der Waals surface area contributed by atoms with E-state index in [-0.39, 0.29) is 0 Å². The minimum Gasteiger partial charge on any atom is -0.309 e. The van der Waals surface area contributed by atoms with Gasteiger partial charge in [0.15, 0.2) is 0 Å². The molecule has 23 aromatic carbocycles. The molecular weight excluding hydrogens is 1570 g/mol. The van der Waals surface area contributed by atoms with Crippen LogP contribution in [0.4, 0.5) is 0 Å². The Morgan fingerprint density at radius 1 is 0.123 bits per heavy atom. The molecule has 0 unspecified atom stereocenters. The smallest absolute Gasteiger partial charge is 0.0541 e. The van der Waals surface area contributed by atoms with Crippen molar-refractivity contribution in [2.45, 2.75) is 6.92 Å². The summed E-state index contributed by atoms with van der Waals surface area (Å²) < 4.78 is 7.15. The fourth-order valence-electron chi connectivity index (χ4n) is 20.9. The molecule has 0 radical (unpaired) electrons. The van der Waals surface area contributed by atoms with Crippen LogP contribution in [-0.2, 0) is 0 Å². The molecule has 26 rings (SSSR count). The number of rotatable bonds is 11. The minimum absolute atomic E-state index is 1.16. The molecule has 0 aliphatic carbocycles. The molecule has 0 atom stereocenters. The SMILES string of the molecule is Cc1ccc(-c2c3ccccc3c(-c3ccc(-n4c5ccccc5c5ccccc54)cc3)c3ccccc23)cc1.c1ccc(-c2cccc(-c3c4ccccc4c(-c4ccc(-n5c6ccccc6c6ccccc65)cc4)c4ccccc34)c2)cc1.c1ccc(-c2ccccc2-c2c3ccccc3c(-c3ccc(-n4c5ccccc5c5ccccc54)cc3)c3ccccc23)cc1. The van der Waals surface area contributed by atoms with Gasteiger partial charge in [0.05, 0.1) is 33.1 Å². The van der Waals surface area contributed by atoms with Crippen LogP contribution in [0.2, 0.25) is 0 Å². The number of benzene rings is 23. The Bertz CT molecular complexity index is 8550. The van der Waals surface area contributed by atoms with E-state index < -0.39 is 0 Å². The average Bonchev–Trinajstić information content (AvgIpc) is 1.20. The molecule has 0 amide bonds. The van der Waals surface area contributed by atoms with Gasteiger partial charge in [-0.25, -0.2) is 0 Å². The number of nitrogens with zero attached hydrogens (tertiary/aromatic N) is 3. The number of hydrogen-bond acceptors (Lipinski definition) is 0.